The van der Waals surface area contributed by atoms with E-state index in [1.54, 1.807) is 6.20 Å². The molecule has 0 saturated carbocycles. The molecule has 0 aliphatic heterocycles. The van der Waals surface area contributed by atoms with Gasteiger partial charge in [0.2, 0.25) is 0 Å². The monoisotopic (exact) mass is 337 g/mol. The Morgan fingerprint density at radius 3 is 2.83 bits per heavy atom. The zero-order valence-electron chi connectivity index (χ0n) is 13.0. The van der Waals surface area contributed by atoms with Gasteiger partial charge < -0.3 is 9.13 Å². The van der Waals surface area contributed by atoms with Crippen molar-refractivity contribution in [2.45, 2.75) is 19.5 Å². The Morgan fingerprint density at radius 2 is 1.96 bits per heavy atom. The Morgan fingerprint density at radius 1 is 1.00 bits per heavy atom. The molecule has 0 bridgehead atoms. The van der Waals surface area contributed by atoms with E-state index in [1.807, 2.05) is 55.2 Å². The molecule has 4 rings (SSSR count). The second-order valence-electron chi connectivity index (χ2n) is 5.63. The SMILES string of the molecule is Clc1ccc2nc(-c3nccn3CCCn3ccnc3)ccc2c1. The molecule has 3 heterocycles. The van der Waals surface area contributed by atoms with Crippen LogP contribution >= 0.6 is 11.6 Å². The van der Waals surface area contributed by atoms with Crippen molar-refractivity contribution in [3.63, 3.8) is 0 Å². The Hall–Kier alpha value is -2.66. The number of nitrogens with zero attached hydrogens (tertiary/aromatic N) is 5. The van der Waals surface area contributed by atoms with Crippen molar-refractivity contribution < 1.29 is 0 Å². The van der Waals surface area contributed by atoms with Gasteiger partial charge in [-0.2, -0.15) is 0 Å². The summed E-state index contributed by atoms with van der Waals surface area (Å²) in [5, 5.41) is 1.75. The highest BCUT2D eigenvalue weighted by molar-refractivity contribution is 6.31. The van der Waals surface area contributed by atoms with Gasteiger partial charge in [-0.15, -0.1) is 0 Å². The zero-order valence-corrected chi connectivity index (χ0v) is 13.8. The predicted octanol–water partition coefficient (Wildman–Crippen LogP) is 4.04. The maximum atomic E-state index is 6.03. The van der Waals surface area contributed by atoms with E-state index in [1.165, 1.54) is 0 Å². The largest absolute Gasteiger partial charge is 0.337 e. The van der Waals surface area contributed by atoms with Crippen molar-refractivity contribution >= 4 is 22.5 Å². The number of pyridine rings is 1. The summed E-state index contributed by atoms with van der Waals surface area (Å²) in [4.78, 5) is 13.3. The number of rotatable bonds is 5. The molecule has 120 valence electrons. The van der Waals surface area contributed by atoms with Crippen LogP contribution in [0.5, 0.6) is 0 Å². The van der Waals surface area contributed by atoms with Crippen LogP contribution in [-0.2, 0) is 13.1 Å². The minimum Gasteiger partial charge on any atom is -0.337 e. The smallest absolute Gasteiger partial charge is 0.158 e. The van der Waals surface area contributed by atoms with Gasteiger partial charge in [-0.1, -0.05) is 17.7 Å². The fourth-order valence-corrected chi connectivity index (χ4v) is 2.97. The van der Waals surface area contributed by atoms with Crippen molar-refractivity contribution in [3.05, 3.63) is 66.5 Å². The molecular weight excluding hydrogens is 322 g/mol. The molecule has 0 spiro atoms. The molecule has 0 aliphatic carbocycles. The topological polar surface area (TPSA) is 48.5 Å². The molecule has 0 amide bonds. The summed E-state index contributed by atoms with van der Waals surface area (Å²) in [6, 6.07) is 9.75. The number of halogens is 1. The van der Waals surface area contributed by atoms with E-state index < -0.39 is 0 Å². The van der Waals surface area contributed by atoms with Crippen molar-refractivity contribution in [1.29, 1.82) is 0 Å². The minimum absolute atomic E-state index is 0.720. The first-order chi connectivity index (χ1) is 11.8. The van der Waals surface area contributed by atoms with Gasteiger partial charge in [0.05, 0.1) is 11.8 Å². The first-order valence-corrected chi connectivity index (χ1v) is 8.21. The number of aryl methyl sites for hydroxylation is 2. The van der Waals surface area contributed by atoms with Gasteiger partial charge in [0, 0.05) is 48.3 Å². The highest BCUT2D eigenvalue weighted by Gasteiger charge is 2.08. The molecule has 1 aromatic carbocycles. The molecule has 3 aromatic heterocycles. The summed E-state index contributed by atoms with van der Waals surface area (Å²) in [7, 11) is 0. The summed E-state index contributed by atoms with van der Waals surface area (Å²) in [5.74, 6) is 0.887. The summed E-state index contributed by atoms with van der Waals surface area (Å²) in [6.07, 6.45) is 10.4. The minimum atomic E-state index is 0.720. The summed E-state index contributed by atoms with van der Waals surface area (Å²) < 4.78 is 4.22. The van der Waals surface area contributed by atoms with E-state index in [-0.39, 0.29) is 0 Å². The maximum absolute atomic E-state index is 6.03. The Kier molecular flexibility index (Phi) is 4.01. The Labute approximate surface area is 144 Å². The van der Waals surface area contributed by atoms with Crippen LogP contribution in [0, 0.1) is 0 Å². The van der Waals surface area contributed by atoms with Crippen LogP contribution in [0.3, 0.4) is 0 Å². The summed E-state index contributed by atoms with van der Waals surface area (Å²) >= 11 is 6.03. The van der Waals surface area contributed by atoms with Gasteiger partial charge in [0.25, 0.3) is 0 Å². The number of benzene rings is 1. The van der Waals surface area contributed by atoms with E-state index in [0.29, 0.717) is 0 Å². The molecule has 0 radical (unpaired) electrons. The highest BCUT2D eigenvalue weighted by atomic mass is 35.5. The lowest BCUT2D eigenvalue weighted by molar-refractivity contribution is 0.566. The zero-order chi connectivity index (χ0) is 16.4. The van der Waals surface area contributed by atoms with Crippen LogP contribution in [-0.4, -0.2) is 24.1 Å². The molecular formula is C18H16ClN5. The van der Waals surface area contributed by atoms with Gasteiger partial charge in [0.1, 0.15) is 5.69 Å². The molecule has 0 aliphatic rings. The molecule has 0 saturated heterocycles. The van der Waals surface area contributed by atoms with Crippen LogP contribution in [0.4, 0.5) is 0 Å². The fraction of sp³-hybridized carbons (Fsp3) is 0.167. The van der Waals surface area contributed by atoms with Crippen molar-refractivity contribution in [2.75, 3.05) is 0 Å². The third-order valence-corrected chi connectivity index (χ3v) is 4.21. The number of hydrogen-bond donors (Lipinski definition) is 0. The third kappa shape index (κ3) is 3.03. The molecule has 0 N–H and O–H groups in total. The van der Waals surface area contributed by atoms with Crippen LogP contribution in [0.2, 0.25) is 5.02 Å². The van der Waals surface area contributed by atoms with E-state index in [9.17, 15) is 0 Å². The van der Waals surface area contributed by atoms with Gasteiger partial charge >= 0.3 is 0 Å². The average Bonchev–Trinajstić information content (AvgIpc) is 3.26. The molecule has 24 heavy (non-hydrogen) atoms. The highest BCUT2D eigenvalue weighted by Crippen LogP contribution is 2.22. The van der Waals surface area contributed by atoms with Crippen LogP contribution in [0.1, 0.15) is 6.42 Å². The summed E-state index contributed by atoms with van der Waals surface area (Å²) in [6.45, 7) is 1.81. The fourth-order valence-electron chi connectivity index (χ4n) is 2.79. The van der Waals surface area contributed by atoms with Crippen molar-refractivity contribution in [2.24, 2.45) is 0 Å². The number of hydrogen-bond acceptors (Lipinski definition) is 3. The second-order valence-corrected chi connectivity index (χ2v) is 6.07. The lowest BCUT2D eigenvalue weighted by Crippen LogP contribution is -2.04. The molecule has 0 unspecified atom stereocenters. The van der Waals surface area contributed by atoms with E-state index >= 15 is 0 Å². The van der Waals surface area contributed by atoms with Crippen LogP contribution < -0.4 is 0 Å². The van der Waals surface area contributed by atoms with Gasteiger partial charge in [0.15, 0.2) is 5.82 Å². The van der Waals surface area contributed by atoms with E-state index in [2.05, 4.69) is 19.1 Å². The number of fused-ring (bicyclic) bond motifs is 1. The molecule has 5 nitrogen and oxygen atoms in total. The Bertz CT molecular complexity index is 959. The lowest BCUT2D eigenvalue weighted by Gasteiger charge is -2.08. The predicted molar refractivity (Wildman–Crippen MR) is 94.8 cm³/mol. The van der Waals surface area contributed by atoms with Gasteiger partial charge in [-0.3, -0.25) is 0 Å². The van der Waals surface area contributed by atoms with Crippen molar-refractivity contribution in [1.82, 2.24) is 24.1 Å². The third-order valence-electron chi connectivity index (χ3n) is 3.97. The first-order valence-electron chi connectivity index (χ1n) is 7.83. The standard InChI is InChI=1S/C18H16ClN5/c19-15-3-5-16-14(12-15)2-4-17(22-16)18-21-7-11-24(18)9-1-8-23-10-6-20-13-23/h2-7,10-13H,1,8-9H2. The quantitative estimate of drug-likeness (QED) is 0.552. The molecule has 0 fully saturated rings. The normalized spacial score (nSPS) is 11.2. The lowest BCUT2D eigenvalue weighted by atomic mass is 10.2. The van der Waals surface area contributed by atoms with Gasteiger partial charge in [-0.05, 0) is 30.7 Å². The van der Waals surface area contributed by atoms with Gasteiger partial charge in [-0.25, -0.2) is 15.0 Å². The average molecular weight is 338 g/mol. The van der Waals surface area contributed by atoms with E-state index in [0.717, 1.165) is 47.0 Å². The molecule has 6 heteroatoms. The molecule has 4 aromatic rings. The number of aromatic nitrogens is 5. The van der Waals surface area contributed by atoms with E-state index in [4.69, 9.17) is 16.6 Å². The maximum Gasteiger partial charge on any atom is 0.158 e. The number of imidazole rings is 2. The summed E-state index contributed by atoms with van der Waals surface area (Å²) in [5.41, 5.74) is 1.79. The second kappa shape index (κ2) is 6.45. The molecule has 0 atom stereocenters. The van der Waals surface area contributed by atoms with Crippen LogP contribution in [0.15, 0.2) is 61.4 Å². The van der Waals surface area contributed by atoms with Crippen molar-refractivity contribution in [3.8, 4) is 11.5 Å². The van der Waals surface area contributed by atoms with Crippen LogP contribution in [0.25, 0.3) is 22.4 Å². The Balaban J connectivity index is 1.56. The first kappa shape index (κ1) is 14.9.